The van der Waals surface area contributed by atoms with Crippen molar-refractivity contribution in [1.82, 2.24) is 5.32 Å². The van der Waals surface area contributed by atoms with Crippen LogP contribution in [0.3, 0.4) is 0 Å². The van der Waals surface area contributed by atoms with Crippen molar-refractivity contribution in [2.75, 3.05) is 0 Å². The van der Waals surface area contributed by atoms with Gasteiger partial charge in [0.25, 0.3) is 0 Å². The quantitative estimate of drug-likeness (QED) is 0.346. The first kappa shape index (κ1) is 20.1. The van der Waals surface area contributed by atoms with Gasteiger partial charge in [0, 0.05) is 11.6 Å². The third kappa shape index (κ3) is 7.94. The summed E-state index contributed by atoms with van der Waals surface area (Å²) in [5, 5.41) is 3.07. The van der Waals surface area contributed by atoms with Crippen LogP contribution in [0.1, 0.15) is 104 Å². The van der Waals surface area contributed by atoms with Crippen molar-refractivity contribution in [1.29, 1.82) is 0 Å². The molecule has 0 aliphatic carbocycles. The van der Waals surface area contributed by atoms with E-state index in [-0.39, 0.29) is 5.41 Å². The lowest BCUT2D eigenvalue weighted by Gasteiger charge is -2.28. The van der Waals surface area contributed by atoms with Crippen molar-refractivity contribution >= 4 is 0 Å². The zero-order chi connectivity index (χ0) is 17.0. The van der Waals surface area contributed by atoms with E-state index in [0.717, 1.165) is 12.2 Å². The van der Waals surface area contributed by atoms with E-state index >= 15 is 0 Å². The Morgan fingerprint density at radius 3 is 1.87 bits per heavy atom. The van der Waals surface area contributed by atoms with Crippen LogP contribution in [0.15, 0.2) is 24.4 Å². The highest BCUT2D eigenvalue weighted by molar-refractivity contribution is 5.15. The molecule has 0 aromatic heterocycles. The van der Waals surface area contributed by atoms with E-state index in [1.165, 1.54) is 77.0 Å². The summed E-state index contributed by atoms with van der Waals surface area (Å²) >= 11 is 0. The minimum Gasteiger partial charge on any atom is -0.444 e. The number of hydrogen-bond donors (Lipinski definition) is 1. The second kappa shape index (κ2) is 11.6. The van der Waals surface area contributed by atoms with Crippen LogP contribution in [-0.4, -0.2) is 0 Å². The molecule has 1 N–H and O–H groups in total. The zero-order valence-electron chi connectivity index (χ0n) is 15.9. The SMILES string of the molecule is C=C1NC=C(C(C)(CC)CCCCCCCCCCCCC)O1. The minimum absolute atomic E-state index is 0.158. The van der Waals surface area contributed by atoms with E-state index in [4.69, 9.17) is 4.74 Å². The van der Waals surface area contributed by atoms with Gasteiger partial charge in [-0.1, -0.05) is 91.4 Å². The first-order valence-electron chi connectivity index (χ1n) is 9.96. The molecule has 23 heavy (non-hydrogen) atoms. The zero-order valence-corrected chi connectivity index (χ0v) is 15.9. The number of nitrogens with one attached hydrogen (secondary N) is 1. The van der Waals surface area contributed by atoms with E-state index in [1.54, 1.807) is 0 Å². The second-order valence-electron chi connectivity index (χ2n) is 7.38. The van der Waals surface area contributed by atoms with E-state index in [9.17, 15) is 0 Å². The lowest BCUT2D eigenvalue weighted by molar-refractivity contribution is 0.184. The summed E-state index contributed by atoms with van der Waals surface area (Å²) in [7, 11) is 0. The Bertz CT molecular complexity index is 361. The molecule has 0 fully saturated rings. The Hall–Kier alpha value is -0.920. The highest BCUT2D eigenvalue weighted by Crippen LogP contribution is 2.39. The molecule has 0 spiro atoms. The second-order valence-corrected chi connectivity index (χ2v) is 7.38. The summed E-state index contributed by atoms with van der Waals surface area (Å²) in [5.41, 5.74) is 0.158. The topological polar surface area (TPSA) is 21.3 Å². The summed E-state index contributed by atoms with van der Waals surface area (Å²) in [5.74, 6) is 1.73. The van der Waals surface area contributed by atoms with Crippen LogP contribution >= 0.6 is 0 Å². The molecule has 0 bridgehead atoms. The number of ether oxygens (including phenoxy) is 1. The Labute approximate surface area is 144 Å². The Kier molecular flexibility index (Phi) is 10.1. The van der Waals surface area contributed by atoms with E-state index in [2.05, 4.69) is 32.7 Å². The number of allylic oxidation sites excluding steroid dienone is 1. The van der Waals surface area contributed by atoms with Crippen LogP contribution in [0, 0.1) is 5.41 Å². The van der Waals surface area contributed by atoms with E-state index in [1.807, 2.05) is 6.20 Å². The normalized spacial score (nSPS) is 16.7. The maximum Gasteiger partial charge on any atom is 0.189 e. The standard InChI is InChI=1S/C21H39NO/c1-5-7-8-9-10-11-12-13-14-15-16-17-21(4,6-2)20-18-22-19(3)23-20/h18,22H,3,5-17H2,1-2,4H3. The Morgan fingerprint density at radius 2 is 1.43 bits per heavy atom. The lowest BCUT2D eigenvalue weighted by Crippen LogP contribution is -2.18. The minimum atomic E-state index is 0.158. The van der Waals surface area contributed by atoms with E-state index < -0.39 is 0 Å². The molecule has 0 amide bonds. The largest absolute Gasteiger partial charge is 0.444 e. The van der Waals surface area contributed by atoms with Gasteiger partial charge in [-0.3, -0.25) is 0 Å². The number of unbranched alkanes of at least 4 members (excludes halogenated alkanes) is 10. The molecule has 134 valence electrons. The molecule has 1 heterocycles. The van der Waals surface area contributed by atoms with Gasteiger partial charge in [0.05, 0.1) is 0 Å². The predicted molar refractivity (Wildman–Crippen MR) is 101 cm³/mol. The van der Waals surface area contributed by atoms with Crippen molar-refractivity contribution in [3.05, 3.63) is 24.4 Å². The molecule has 2 heteroatoms. The van der Waals surface area contributed by atoms with Gasteiger partial charge < -0.3 is 10.1 Å². The molecule has 2 nitrogen and oxygen atoms in total. The highest BCUT2D eigenvalue weighted by Gasteiger charge is 2.31. The highest BCUT2D eigenvalue weighted by atomic mass is 16.5. The maximum atomic E-state index is 5.72. The van der Waals surface area contributed by atoms with Gasteiger partial charge in [-0.2, -0.15) is 0 Å². The van der Waals surface area contributed by atoms with Crippen molar-refractivity contribution < 1.29 is 4.74 Å². The molecule has 1 unspecified atom stereocenters. The molecule has 1 rings (SSSR count). The third-order valence-corrected chi connectivity index (χ3v) is 5.30. The average molecular weight is 322 g/mol. The Balaban J connectivity index is 2.02. The van der Waals surface area contributed by atoms with Gasteiger partial charge in [-0.15, -0.1) is 0 Å². The van der Waals surface area contributed by atoms with Crippen molar-refractivity contribution in [3.63, 3.8) is 0 Å². The molecule has 1 aliphatic heterocycles. The maximum absolute atomic E-state index is 5.72. The molecular formula is C21H39NO. The third-order valence-electron chi connectivity index (χ3n) is 5.30. The summed E-state index contributed by atoms with van der Waals surface area (Å²) in [6.07, 6.45) is 19.7. The smallest absolute Gasteiger partial charge is 0.189 e. The molecule has 0 radical (unpaired) electrons. The molecule has 0 aromatic carbocycles. The fourth-order valence-corrected chi connectivity index (χ4v) is 3.29. The van der Waals surface area contributed by atoms with Crippen molar-refractivity contribution in [2.24, 2.45) is 5.41 Å². The van der Waals surface area contributed by atoms with Gasteiger partial charge in [-0.25, -0.2) is 0 Å². The van der Waals surface area contributed by atoms with Crippen molar-refractivity contribution in [3.8, 4) is 0 Å². The fraction of sp³-hybridized carbons (Fsp3) is 0.810. The fourth-order valence-electron chi connectivity index (χ4n) is 3.29. The van der Waals surface area contributed by atoms with Crippen LogP contribution in [-0.2, 0) is 4.74 Å². The van der Waals surface area contributed by atoms with Crippen LogP contribution in [0.5, 0.6) is 0 Å². The molecule has 1 aliphatic rings. The molecule has 1 atom stereocenters. The van der Waals surface area contributed by atoms with Crippen LogP contribution in [0.4, 0.5) is 0 Å². The molecule has 0 saturated heterocycles. The van der Waals surface area contributed by atoms with Crippen molar-refractivity contribution in [2.45, 2.75) is 104 Å². The number of hydrogen-bond acceptors (Lipinski definition) is 2. The summed E-state index contributed by atoms with van der Waals surface area (Å²) in [4.78, 5) is 0. The van der Waals surface area contributed by atoms with Crippen LogP contribution < -0.4 is 5.32 Å². The van der Waals surface area contributed by atoms with Gasteiger partial charge in [-0.05, 0) is 19.4 Å². The first-order valence-corrected chi connectivity index (χ1v) is 9.96. The monoisotopic (exact) mass is 321 g/mol. The van der Waals surface area contributed by atoms with Gasteiger partial charge >= 0.3 is 0 Å². The van der Waals surface area contributed by atoms with Crippen LogP contribution in [0.2, 0.25) is 0 Å². The van der Waals surface area contributed by atoms with Gasteiger partial charge in [0.1, 0.15) is 5.76 Å². The van der Waals surface area contributed by atoms with E-state index in [0.29, 0.717) is 5.88 Å². The number of rotatable bonds is 14. The molecular weight excluding hydrogens is 282 g/mol. The first-order chi connectivity index (χ1) is 11.1. The van der Waals surface area contributed by atoms with Gasteiger partial charge in [0.2, 0.25) is 0 Å². The molecule has 0 aromatic rings. The lowest BCUT2D eigenvalue weighted by atomic mass is 9.80. The average Bonchev–Trinajstić information content (AvgIpc) is 2.99. The predicted octanol–water partition coefficient (Wildman–Crippen LogP) is 7.04. The van der Waals surface area contributed by atoms with Gasteiger partial charge in [0.15, 0.2) is 5.88 Å². The summed E-state index contributed by atoms with van der Waals surface area (Å²) in [6.45, 7) is 10.7. The summed E-state index contributed by atoms with van der Waals surface area (Å²) < 4.78 is 5.72. The Morgan fingerprint density at radius 1 is 0.913 bits per heavy atom. The van der Waals surface area contributed by atoms with Crippen LogP contribution in [0.25, 0.3) is 0 Å². The molecule has 0 saturated carbocycles. The summed E-state index contributed by atoms with van der Waals surface area (Å²) in [6, 6.07) is 0.